The number of H-pyrrole nitrogens is 1. The number of nitrogens with one attached hydrogen (secondary N) is 1. The number of nitrogen functional groups attached to an aromatic ring is 1. The molecule has 2 heterocycles. The molecule has 104 valence electrons. The molecule has 0 saturated heterocycles. The van der Waals surface area contributed by atoms with Gasteiger partial charge in [0.25, 0.3) is 5.91 Å². The summed E-state index contributed by atoms with van der Waals surface area (Å²) in [5.74, 6) is 0.0298. The molecular formula is C16H19N3O. The minimum atomic E-state index is 0.0298. The van der Waals surface area contributed by atoms with Gasteiger partial charge < -0.3 is 15.6 Å². The largest absolute Gasteiger partial charge is 0.398 e. The summed E-state index contributed by atoms with van der Waals surface area (Å²) < 4.78 is 0. The maximum atomic E-state index is 12.8. The van der Waals surface area contributed by atoms with Crippen LogP contribution in [-0.4, -0.2) is 17.4 Å². The zero-order valence-corrected chi connectivity index (χ0v) is 11.9. The Labute approximate surface area is 118 Å². The van der Waals surface area contributed by atoms with E-state index in [1.165, 1.54) is 0 Å². The first-order valence-corrected chi connectivity index (χ1v) is 6.93. The minimum Gasteiger partial charge on any atom is -0.398 e. The van der Waals surface area contributed by atoms with Gasteiger partial charge in [-0.3, -0.25) is 4.79 Å². The number of carbonyl (C=O) groups is 1. The summed E-state index contributed by atoms with van der Waals surface area (Å²) >= 11 is 0. The zero-order chi connectivity index (χ0) is 14.3. The summed E-state index contributed by atoms with van der Waals surface area (Å²) in [6.07, 6.45) is 1.89. The fourth-order valence-electron chi connectivity index (χ4n) is 2.95. The topological polar surface area (TPSA) is 62.1 Å². The summed E-state index contributed by atoms with van der Waals surface area (Å²) in [6.45, 7) is 4.67. The number of benzene rings is 1. The van der Waals surface area contributed by atoms with E-state index in [1.807, 2.05) is 43.0 Å². The average Bonchev–Trinajstić information content (AvgIpc) is 2.77. The molecule has 0 aliphatic carbocycles. The second kappa shape index (κ2) is 4.71. The number of carbonyl (C=O) groups excluding carboxylic acids is 1. The second-order valence-electron chi connectivity index (χ2n) is 5.42. The lowest BCUT2D eigenvalue weighted by atomic mass is 9.99. The number of aryl methyl sites for hydroxylation is 2. The molecule has 0 atom stereocenters. The van der Waals surface area contributed by atoms with Gasteiger partial charge in [-0.25, -0.2) is 0 Å². The van der Waals surface area contributed by atoms with Crippen LogP contribution in [0.1, 0.15) is 33.7 Å². The molecular weight excluding hydrogens is 250 g/mol. The van der Waals surface area contributed by atoms with Gasteiger partial charge >= 0.3 is 0 Å². The molecule has 20 heavy (non-hydrogen) atoms. The third-order valence-electron chi connectivity index (χ3n) is 3.90. The molecule has 0 fully saturated rings. The molecule has 1 aliphatic rings. The number of anilines is 2. The van der Waals surface area contributed by atoms with Crippen molar-refractivity contribution < 1.29 is 4.79 Å². The Morgan fingerprint density at radius 3 is 2.85 bits per heavy atom. The van der Waals surface area contributed by atoms with Crippen LogP contribution >= 0.6 is 0 Å². The lowest BCUT2D eigenvalue weighted by Gasteiger charge is -2.30. The molecule has 1 aliphatic heterocycles. The Bertz CT molecular complexity index is 672. The third kappa shape index (κ3) is 1.97. The highest BCUT2D eigenvalue weighted by Crippen LogP contribution is 2.32. The van der Waals surface area contributed by atoms with E-state index in [2.05, 4.69) is 4.98 Å². The molecule has 0 bridgehead atoms. The molecule has 4 nitrogen and oxygen atoms in total. The number of hydrogen-bond donors (Lipinski definition) is 2. The Hall–Kier alpha value is -2.23. The van der Waals surface area contributed by atoms with Crippen molar-refractivity contribution in [2.45, 2.75) is 26.7 Å². The zero-order valence-electron chi connectivity index (χ0n) is 11.9. The van der Waals surface area contributed by atoms with Crippen molar-refractivity contribution in [1.82, 2.24) is 4.98 Å². The van der Waals surface area contributed by atoms with Crippen molar-refractivity contribution in [2.24, 2.45) is 0 Å². The van der Waals surface area contributed by atoms with E-state index < -0.39 is 0 Å². The Kier molecular flexibility index (Phi) is 3.01. The van der Waals surface area contributed by atoms with Crippen molar-refractivity contribution in [1.29, 1.82) is 0 Å². The van der Waals surface area contributed by atoms with Crippen molar-refractivity contribution in [3.63, 3.8) is 0 Å². The molecule has 3 N–H and O–H groups in total. The van der Waals surface area contributed by atoms with Crippen LogP contribution in [0.4, 0.5) is 11.4 Å². The number of aromatic amines is 1. The summed E-state index contributed by atoms with van der Waals surface area (Å²) in [7, 11) is 0. The first-order valence-electron chi connectivity index (χ1n) is 6.93. The van der Waals surface area contributed by atoms with Crippen LogP contribution in [0.2, 0.25) is 0 Å². The van der Waals surface area contributed by atoms with Crippen LogP contribution in [0.5, 0.6) is 0 Å². The van der Waals surface area contributed by atoms with Gasteiger partial charge in [0.05, 0.1) is 0 Å². The van der Waals surface area contributed by atoms with E-state index in [0.717, 1.165) is 47.6 Å². The lowest BCUT2D eigenvalue weighted by Crippen LogP contribution is -2.36. The van der Waals surface area contributed by atoms with E-state index in [-0.39, 0.29) is 5.91 Å². The van der Waals surface area contributed by atoms with Crippen LogP contribution in [0.15, 0.2) is 24.3 Å². The number of fused-ring (bicyclic) bond motifs is 1. The standard InChI is InChI=1S/C16H19N3O/c1-10-9-11(2)18-15(10)16(20)19-8-4-5-12-13(17)6-3-7-14(12)19/h3,6-7,9,18H,4-5,8,17H2,1-2H3. The Morgan fingerprint density at radius 2 is 2.15 bits per heavy atom. The predicted molar refractivity (Wildman–Crippen MR) is 81.1 cm³/mol. The van der Waals surface area contributed by atoms with Crippen LogP contribution in [0.25, 0.3) is 0 Å². The van der Waals surface area contributed by atoms with Gasteiger partial charge in [-0.15, -0.1) is 0 Å². The summed E-state index contributed by atoms with van der Waals surface area (Å²) in [4.78, 5) is 17.8. The number of rotatable bonds is 1. The van der Waals surface area contributed by atoms with Gasteiger partial charge in [-0.1, -0.05) is 6.07 Å². The van der Waals surface area contributed by atoms with Gasteiger partial charge in [0.2, 0.25) is 0 Å². The van der Waals surface area contributed by atoms with E-state index in [1.54, 1.807) is 0 Å². The Morgan fingerprint density at radius 1 is 1.35 bits per heavy atom. The minimum absolute atomic E-state index is 0.0298. The average molecular weight is 269 g/mol. The fraction of sp³-hybridized carbons (Fsp3) is 0.312. The number of nitrogens with zero attached hydrogens (tertiary/aromatic N) is 1. The molecule has 4 heteroatoms. The van der Waals surface area contributed by atoms with E-state index >= 15 is 0 Å². The van der Waals surface area contributed by atoms with Gasteiger partial charge in [0.1, 0.15) is 5.69 Å². The van der Waals surface area contributed by atoms with Gasteiger partial charge in [0, 0.05) is 23.6 Å². The molecule has 0 spiro atoms. The van der Waals surface area contributed by atoms with Crippen molar-refractivity contribution in [3.8, 4) is 0 Å². The predicted octanol–water partition coefficient (Wildman–Crippen LogP) is 2.81. The molecule has 1 amide bonds. The summed E-state index contributed by atoms with van der Waals surface area (Å²) in [5, 5.41) is 0. The Balaban J connectivity index is 2.03. The van der Waals surface area contributed by atoms with Gasteiger partial charge in [-0.2, -0.15) is 0 Å². The van der Waals surface area contributed by atoms with E-state index in [9.17, 15) is 4.79 Å². The van der Waals surface area contributed by atoms with Crippen molar-refractivity contribution >= 4 is 17.3 Å². The second-order valence-corrected chi connectivity index (χ2v) is 5.42. The normalized spacial score (nSPS) is 14.2. The molecule has 3 rings (SSSR count). The smallest absolute Gasteiger partial charge is 0.274 e. The number of aromatic nitrogens is 1. The van der Waals surface area contributed by atoms with Crippen LogP contribution in [-0.2, 0) is 6.42 Å². The van der Waals surface area contributed by atoms with E-state index in [0.29, 0.717) is 5.69 Å². The van der Waals surface area contributed by atoms with E-state index in [4.69, 9.17) is 5.73 Å². The fourth-order valence-corrected chi connectivity index (χ4v) is 2.95. The summed E-state index contributed by atoms with van der Waals surface area (Å²) in [5.41, 5.74) is 11.5. The van der Waals surface area contributed by atoms with Crippen molar-refractivity contribution in [2.75, 3.05) is 17.2 Å². The highest BCUT2D eigenvalue weighted by atomic mass is 16.2. The highest BCUT2D eigenvalue weighted by molar-refractivity contribution is 6.06. The van der Waals surface area contributed by atoms with Crippen LogP contribution in [0, 0.1) is 13.8 Å². The first-order chi connectivity index (χ1) is 9.58. The number of amides is 1. The maximum absolute atomic E-state index is 12.8. The molecule has 1 aromatic heterocycles. The quantitative estimate of drug-likeness (QED) is 0.782. The molecule has 0 saturated carbocycles. The van der Waals surface area contributed by atoms with Crippen molar-refractivity contribution in [3.05, 3.63) is 46.8 Å². The summed E-state index contributed by atoms with van der Waals surface area (Å²) in [6, 6.07) is 7.79. The van der Waals surface area contributed by atoms with Gasteiger partial charge in [0.15, 0.2) is 0 Å². The molecule has 0 unspecified atom stereocenters. The first kappa shape index (κ1) is 12.8. The third-order valence-corrected chi connectivity index (χ3v) is 3.90. The lowest BCUT2D eigenvalue weighted by molar-refractivity contribution is 0.0980. The van der Waals surface area contributed by atoms with Gasteiger partial charge in [-0.05, 0) is 56.0 Å². The highest BCUT2D eigenvalue weighted by Gasteiger charge is 2.26. The molecule has 2 aromatic rings. The number of hydrogen-bond acceptors (Lipinski definition) is 2. The maximum Gasteiger partial charge on any atom is 0.274 e. The van der Waals surface area contributed by atoms with Crippen LogP contribution in [0.3, 0.4) is 0 Å². The van der Waals surface area contributed by atoms with Crippen LogP contribution < -0.4 is 10.6 Å². The number of nitrogens with two attached hydrogens (primary N) is 1. The monoisotopic (exact) mass is 269 g/mol. The SMILES string of the molecule is Cc1cc(C)c(C(=O)N2CCCc3c(N)cccc32)[nH]1. The molecule has 1 aromatic carbocycles. The molecule has 0 radical (unpaired) electrons.